The predicted molar refractivity (Wildman–Crippen MR) is 115 cm³/mol. The van der Waals surface area contributed by atoms with E-state index in [0.717, 1.165) is 19.6 Å². The molecule has 1 aliphatic heterocycles. The molecule has 4 rings (SSSR count). The maximum Gasteiger partial charge on any atom is 0.254 e. The lowest BCUT2D eigenvalue weighted by molar-refractivity contribution is -0.135. The number of pyridine rings is 1. The zero-order valence-corrected chi connectivity index (χ0v) is 18.2. The molecule has 8 heteroatoms. The number of nitrogens with zero attached hydrogens (tertiary/aromatic N) is 2. The highest BCUT2D eigenvalue weighted by Gasteiger charge is 2.48. The number of rotatable bonds is 7. The first-order valence-electron chi connectivity index (χ1n) is 11.2. The molecule has 0 spiro atoms. The van der Waals surface area contributed by atoms with E-state index < -0.39 is 23.0 Å². The smallest absolute Gasteiger partial charge is 0.254 e. The van der Waals surface area contributed by atoms with E-state index >= 15 is 0 Å². The third-order valence-electron chi connectivity index (χ3n) is 6.98. The zero-order chi connectivity index (χ0) is 22.7. The summed E-state index contributed by atoms with van der Waals surface area (Å²) in [4.78, 5) is 19.2. The van der Waals surface area contributed by atoms with E-state index in [2.05, 4.69) is 9.88 Å². The Labute approximate surface area is 186 Å². The van der Waals surface area contributed by atoms with Gasteiger partial charge in [-0.1, -0.05) is 12.1 Å². The highest BCUT2D eigenvalue weighted by Crippen LogP contribution is 2.49. The largest absolute Gasteiger partial charge is 0.474 e. The Bertz CT molecular complexity index is 981. The van der Waals surface area contributed by atoms with Crippen molar-refractivity contribution in [2.45, 2.75) is 50.4 Å². The van der Waals surface area contributed by atoms with Crippen molar-refractivity contribution in [1.82, 2.24) is 15.4 Å². The maximum absolute atomic E-state index is 14.7. The van der Waals surface area contributed by atoms with E-state index in [-0.39, 0.29) is 11.8 Å². The van der Waals surface area contributed by atoms with Crippen molar-refractivity contribution in [1.29, 1.82) is 0 Å². The fourth-order valence-corrected chi connectivity index (χ4v) is 5.18. The second-order valence-electron chi connectivity index (χ2n) is 8.83. The van der Waals surface area contributed by atoms with Gasteiger partial charge in [-0.3, -0.25) is 14.9 Å². The van der Waals surface area contributed by atoms with Gasteiger partial charge in [-0.2, -0.15) is 0 Å². The summed E-state index contributed by atoms with van der Waals surface area (Å²) in [7, 11) is 0. The van der Waals surface area contributed by atoms with Crippen LogP contribution in [0, 0.1) is 18.6 Å². The topological polar surface area (TPSA) is 74.7 Å². The Morgan fingerprint density at radius 2 is 2.09 bits per heavy atom. The highest BCUT2D eigenvalue weighted by molar-refractivity contribution is 5.88. The molecule has 2 unspecified atom stereocenters. The van der Waals surface area contributed by atoms with Gasteiger partial charge >= 0.3 is 0 Å². The van der Waals surface area contributed by atoms with E-state index in [1.807, 2.05) is 0 Å². The van der Waals surface area contributed by atoms with Crippen molar-refractivity contribution >= 4 is 5.91 Å². The number of hydroxylamine groups is 1. The van der Waals surface area contributed by atoms with E-state index in [4.69, 9.17) is 4.74 Å². The van der Waals surface area contributed by atoms with E-state index in [9.17, 15) is 18.8 Å². The van der Waals surface area contributed by atoms with Crippen molar-refractivity contribution < 1.29 is 23.5 Å². The van der Waals surface area contributed by atoms with Crippen molar-refractivity contribution in [3.8, 4) is 5.88 Å². The molecule has 2 aliphatic rings. The third kappa shape index (κ3) is 4.34. The molecule has 32 heavy (non-hydrogen) atoms. The van der Waals surface area contributed by atoms with Crippen LogP contribution in [0.1, 0.15) is 54.7 Å². The summed E-state index contributed by atoms with van der Waals surface area (Å²) in [6.45, 7) is 4.85. The Hall–Kier alpha value is -2.58. The number of amides is 1. The normalized spacial score (nSPS) is 23.4. The molecule has 1 amide bonds. The van der Waals surface area contributed by atoms with Gasteiger partial charge < -0.3 is 4.74 Å². The third-order valence-corrected chi connectivity index (χ3v) is 6.98. The Morgan fingerprint density at radius 3 is 2.81 bits per heavy atom. The van der Waals surface area contributed by atoms with Crippen LogP contribution in [-0.4, -0.2) is 47.2 Å². The van der Waals surface area contributed by atoms with Crippen LogP contribution in [0.2, 0.25) is 0 Å². The van der Waals surface area contributed by atoms with E-state index in [0.29, 0.717) is 42.6 Å². The predicted octanol–water partition coefficient (Wildman–Crippen LogP) is 3.85. The quantitative estimate of drug-likeness (QED) is 0.500. The van der Waals surface area contributed by atoms with Gasteiger partial charge in [0, 0.05) is 12.7 Å². The summed E-state index contributed by atoms with van der Waals surface area (Å²) >= 11 is 0. The first kappa shape index (κ1) is 22.6. The minimum atomic E-state index is -1.09. The molecule has 1 aliphatic carbocycles. The molecule has 2 aromatic rings. The SMILES string of the molecule is Cc1c(F)cccc1C1(C(=O)NO)CCC(c2cnc(OCCN3CCCC3)c(F)c2)C1. The van der Waals surface area contributed by atoms with Gasteiger partial charge in [-0.25, -0.2) is 19.2 Å². The molecule has 2 N–H and O–H groups in total. The van der Waals surface area contributed by atoms with Crippen molar-refractivity contribution in [3.63, 3.8) is 0 Å². The fourth-order valence-electron chi connectivity index (χ4n) is 5.18. The summed E-state index contributed by atoms with van der Waals surface area (Å²) in [6.07, 6.45) is 5.27. The van der Waals surface area contributed by atoms with Crippen LogP contribution < -0.4 is 10.2 Å². The summed E-state index contributed by atoms with van der Waals surface area (Å²) in [5, 5.41) is 9.39. The van der Waals surface area contributed by atoms with Crippen molar-refractivity contribution in [3.05, 3.63) is 58.8 Å². The van der Waals surface area contributed by atoms with Crippen molar-refractivity contribution in [2.75, 3.05) is 26.2 Å². The van der Waals surface area contributed by atoms with Crippen LogP contribution in [0.5, 0.6) is 5.88 Å². The Morgan fingerprint density at radius 1 is 1.31 bits per heavy atom. The molecule has 2 fully saturated rings. The molecule has 0 bridgehead atoms. The molecule has 1 saturated heterocycles. The van der Waals surface area contributed by atoms with E-state index in [1.54, 1.807) is 30.7 Å². The van der Waals surface area contributed by atoms with Gasteiger partial charge in [0.2, 0.25) is 5.88 Å². The lowest BCUT2D eigenvalue weighted by Gasteiger charge is -2.29. The standard InChI is InChI=1S/C24H29F2N3O3/c1-16-19(5-4-6-20(16)25)24(23(30)28-31)8-7-17(14-24)18-13-21(26)22(27-15-18)32-12-11-29-9-2-3-10-29/h4-6,13,15,17,31H,2-3,7-12,14H2,1H3,(H,28,30). The summed E-state index contributed by atoms with van der Waals surface area (Å²) in [6, 6.07) is 6.03. The Balaban J connectivity index is 1.50. The number of ether oxygens (including phenoxy) is 1. The van der Waals surface area contributed by atoms with E-state index in [1.165, 1.54) is 25.0 Å². The first-order chi connectivity index (χ1) is 15.4. The average molecular weight is 446 g/mol. The summed E-state index contributed by atoms with van der Waals surface area (Å²) < 4.78 is 34.5. The van der Waals surface area contributed by atoms with Gasteiger partial charge in [-0.15, -0.1) is 0 Å². The number of nitrogens with one attached hydrogen (secondary N) is 1. The van der Waals surface area contributed by atoms with Gasteiger partial charge in [-0.05, 0) is 86.9 Å². The van der Waals surface area contributed by atoms with Crippen LogP contribution in [0.15, 0.2) is 30.5 Å². The highest BCUT2D eigenvalue weighted by atomic mass is 19.1. The monoisotopic (exact) mass is 445 g/mol. The Kier molecular flexibility index (Phi) is 6.71. The second-order valence-corrected chi connectivity index (χ2v) is 8.83. The molecule has 0 radical (unpaired) electrons. The van der Waals surface area contributed by atoms with Crippen molar-refractivity contribution in [2.24, 2.45) is 0 Å². The summed E-state index contributed by atoms with van der Waals surface area (Å²) in [5.41, 5.74) is 2.25. The van der Waals surface area contributed by atoms with Crippen LogP contribution in [0.25, 0.3) is 0 Å². The molecule has 1 saturated carbocycles. The van der Waals surface area contributed by atoms with Crippen LogP contribution >= 0.6 is 0 Å². The minimum absolute atomic E-state index is 0.0220. The molecule has 172 valence electrons. The molecule has 2 atom stereocenters. The number of likely N-dealkylation sites (tertiary alicyclic amines) is 1. The molecule has 1 aromatic heterocycles. The second kappa shape index (κ2) is 9.50. The van der Waals surface area contributed by atoms with Gasteiger partial charge in [0.05, 0.1) is 5.41 Å². The minimum Gasteiger partial charge on any atom is -0.474 e. The number of halogens is 2. The number of hydrogen-bond acceptors (Lipinski definition) is 5. The number of carbonyl (C=O) groups excluding carboxylic acids is 1. The average Bonchev–Trinajstić information content (AvgIpc) is 3.47. The van der Waals surface area contributed by atoms with Gasteiger partial charge in [0.15, 0.2) is 5.82 Å². The fraction of sp³-hybridized carbons (Fsp3) is 0.500. The molecular formula is C24H29F2N3O3. The number of hydrogen-bond donors (Lipinski definition) is 2. The molecule has 6 nitrogen and oxygen atoms in total. The zero-order valence-electron chi connectivity index (χ0n) is 18.2. The lowest BCUT2D eigenvalue weighted by atomic mass is 9.75. The summed E-state index contributed by atoms with van der Waals surface area (Å²) in [5.74, 6) is -1.69. The number of carbonyl (C=O) groups is 1. The van der Waals surface area contributed by atoms with Crippen LogP contribution in [-0.2, 0) is 10.2 Å². The molecule has 1 aromatic carbocycles. The number of benzene rings is 1. The van der Waals surface area contributed by atoms with Crippen LogP contribution in [0.4, 0.5) is 8.78 Å². The molecule has 2 heterocycles. The number of aromatic nitrogens is 1. The first-order valence-corrected chi connectivity index (χ1v) is 11.2. The lowest BCUT2D eigenvalue weighted by Crippen LogP contribution is -2.42. The maximum atomic E-state index is 14.7. The van der Waals surface area contributed by atoms with Crippen LogP contribution in [0.3, 0.4) is 0 Å². The van der Waals surface area contributed by atoms with Gasteiger partial charge in [0.25, 0.3) is 5.91 Å². The van der Waals surface area contributed by atoms with Gasteiger partial charge in [0.1, 0.15) is 12.4 Å². The molecular weight excluding hydrogens is 416 g/mol.